The van der Waals surface area contributed by atoms with E-state index >= 15 is 0 Å². The van der Waals surface area contributed by atoms with Crippen molar-refractivity contribution in [2.75, 3.05) is 24.5 Å². The number of nitrogens with one attached hydrogen (secondary N) is 2. The van der Waals surface area contributed by atoms with Gasteiger partial charge in [-0.25, -0.2) is 0 Å². The highest BCUT2D eigenvalue weighted by Crippen LogP contribution is 2.58. The van der Waals surface area contributed by atoms with Crippen molar-refractivity contribution in [2.24, 2.45) is 11.3 Å². The Morgan fingerprint density at radius 1 is 1.28 bits per heavy atom. The lowest BCUT2D eigenvalue weighted by atomic mass is 9.91. The Hall–Kier alpha value is -1.59. The number of amides is 2. The van der Waals surface area contributed by atoms with E-state index < -0.39 is 6.04 Å². The van der Waals surface area contributed by atoms with Gasteiger partial charge in [0, 0.05) is 12.5 Å². The van der Waals surface area contributed by atoms with Crippen molar-refractivity contribution < 1.29 is 9.59 Å². The molecule has 0 radical (unpaired) electrons. The van der Waals surface area contributed by atoms with Gasteiger partial charge in [0.05, 0.1) is 10.7 Å². The van der Waals surface area contributed by atoms with E-state index in [0.717, 1.165) is 44.5 Å². The summed E-state index contributed by atoms with van der Waals surface area (Å²) in [6, 6.07) is 6.94. The van der Waals surface area contributed by atoms with Crippen LogP contribution in [0.3, 0.4) is 0 Å². The van der Waals surface area contributed by atoms with Crippen molar-refractivity contribution in [1.29, 1.82) is 0 Å². The van der Waals surface area contributed by atoms with E-state index in [9.17, 15) is 9.59 Å². The molecule has 2 heterocycles. The van der Waals surface area contributed by atoms with Gasteiger partial charge in [-0.05, 0) is 62.7 Å². The molecule has 2 aliphatic heterocycles. The van der Waals surface area contributed by atoms with Crippen LogP contribution in [0.4, 0.5) is 5.69 Å². The second-order valence-electron chi connectivity index (χ2n) is 7.51. The second-order valence-corrected chi connectivity index (χ2v) is 7.92. The average molecular weight is 362 g/mol. The SMILES string of the molecule is O=C(NC1CCCN(c2ccccc2Cl)C1=O)C1CC12CCNCC2. The Labute approximate surface area is 153 Å². The summed E-state index contributed by atoms with van der Waals surface area (Å²) in [5.74, 6) is 0.0899. The zero-order chi connectivity index (χ0) is 17.4. The van der Waals surface area contributed by atoms with Crippen LogP contribution in [-0.4, -0.2) is 37.5 Å². The van der Waals surface area contributed by atoms with Crippen LogP contribution >= 0.6 is 11.6 Å². The van der Waals surface area contributed by atoms with Gasteiger partial charge >= 0.3 is 0 Å². The van der Waals surface area contributed by atoms with Gasteiger partial charge in [0.2, 0.25) is 11.8 Å². The number of hydrogen-bond donors (Lipinski definition) is 2. The summed E-state index contributed by atoms with van der Waals surface area (Å²) < 4.78 is 0. The first-order chi connectivity index (χ1) is 12.1. The fourth-order valence-corrected chi connectivity index (χ4v) is 4.62. The number of carbonyl (C=O) groups excluding carboxylic acids is 2. The summed E-state index contributed by atoms with van der Waals surface area (Å²) in [6.07, 6.45) is 4.66. The van der Waals surface area contributed by atoms with Gasteiger partial charge in [-0.3, -0.25) is 9.59 Å². The molecule has 0 bridgehead atoms. The van der Waals surface area contributed by atoms with E-state index in [2.05, 4.69) is 10.6 Å². The molecule has 25 heavy (non-hydrogen) atoms. The van der Waals surface area contributed by atoms with Crippen LogP contribution in [0.5, 0.6) is 0 Å². The summed E-state index contributed by atoms with van der Waals surface area (Å²) in [4.78, 5) is 27.3. The van der Waals surface area contributed by atoms with E-state index in [1.807, 2.05) is 18.2 Å². The summed E-state index contributed by atoms with van der Waals surface area (Å²) in [6.45, 7) is 2.63. The van der Waals surface area contributed by atoms with Gasteiger partial charge in [-0.2, -0.15) is 0 Å². The second kappa shape index (κ2) is 6.61. The highest BCUT2D eigenvalue weighted by atomic mass is 35.5. The van der Waals surface area contributed by atoms with Crippen LogP contribution in [0.2, 0.25) is 5.02 Å². The standard InChI is InChI=1S/C19H24ClN3O2/c20-14-4-1-2-6-16(14)23-11-3-5-15(18(23)25)22-17(24)13-12-19(13)7-9-21-10-8-19/h1-2,4,6,13,15,21H,3,5,7-12H2,(H,22,24). The molecular weight excluding hydrogens is 338 g/mol. The quantitative estimate of drug-likeness (QED) is 0.868. The highest BCUT2D eigenvalue weighted by Gasteiger charge is 2.58. The van der Waals surface area contributed by atoms with E-state index in [1.54, 1.807) is 11.0 Å². The third kappa shape index (κ3) is 3.15. The van der Waals surface area contributed by atoms with Crippen LogP contribution in [0.15, 0.2) is 24.3 Å². The van der Waals surface area contributed by atoms with E-state index in [-0.39, 0.29) is 23.1 Å². The molecule has 1 saturated carbocycles. The third-order valence-electron chi connectivity index (χ3n) is 6.00. The number of halogens is 1. The number of para-hydroxylation sites is 1. The lowest BCUT2D eigenvalue weighted by Crippen LogP contribution is -2.53. The molecule has 3 fully saturated rings. The minimum absolute atomic E-state index is 0.0484. The van der Waals surface area contributed by atoms with E-state index in [1.165, 1.54) is 0 Å². The van der Waals surface area contributed by atoms with Crippen LogP contribution in [0.1, 0.15) is 32.1 Å². The Kier molecular flexibility index (Phi) is 4.46. The van der Waals surface area contributed by atoms with Gasteiger partial charge in [-0.1, -0.05) is 23.7 Å². The summed E-state index contributed by atoms with van der Waals surface area (Å²) in [5, 5.41) is 6.95. The highest BCUT2D eigenvalue weighted by molar-refractivity contribution is 6.33. The molecule has 2 saturated heterocycles. The Balaban J connectivity index is 1.42. The first-order valence-electron chi connectivity index (χ1n) is 9.18. The van der Waals surface area contributed by atoms with Crippen LogP contribution in [0.25, 0.3) is 0 Å². The molecule has 6 heteroatoms. The molecule has 3 aliphatic rings. The van der Waals surface area contributed by atoms with Gasteiger partial charge in [0.25, 0.3) is 0 Å². The Morgan fingerprint density at radius 3 is 2.80 bits per heavy atom. The molecule has 4 rings (SSSR count). The molecule has 1 spiro atoms. The minimum atomic E-state index is -0.433. The molecule has 1 aliphatic carbocycles. The molecular formula is C19H24ClN3O2. The molecule has 2 atom stereocenters. The maximum absolute atomic E-state index is 12.9. The van der Waals surface area contributed by atoms with Crippen molar-refractivity contribution in [3.63, 3.8) is 0 Å². The number of carbonyl (C=O) groups is 2. The average Bonchev–Trinajstić information content (AvgIpc) is 3.31. The van der Waals surface area contributed by atoms with E-state index in [4.69, 9.17) is 11.6 Å². The molecule has 2 amide bonds. The first-order valence-corrected chi connectivity index (χ1v) is 9.55. The molecule has 2 unspecified atom stereocenters. The van der Waals surface area contributed by atoms with Crippen LogP contribution < -0.4 is 15.5 Å². The monoisotopic (exact) mass is 361 g/mol. The maximum atomic E-state index is 12.9. The van der Waals surface area contributed by atoms with Crippen molar-refractivity contribution in [2.45, 2.75) is 38.1 Å². The van der Waals surface area contributed by atoms with Gasteiger partial charge in [-0.15, -0.1) is 0 Å². The minimum Gasteiger partial charge on any atom is -0.344 e. The molecule has 1 aromatic carbocycles. The Bertz CT molecular complexity index is 687. The number of piperidine rings is 2. The number of rotatable bonds is 3. The smallest absolute Gasteiger partial charge is 0.249 e. The molecule has 0 aromatic heterocycles. The predicted molar refractivity (Wildman–Crippen MR) is 97.6 cm³/mol. The van der Waals surface area contributed by atoms with Gasteiger partial charge in [0.1, 0.15) is 6.04 Å². The van der Waals surface area contributed by atoms with Crippen molar-refractivity contribution in [1.82, 2.24) is 10.6 Å². The fraction of sp³-hybridized carbons (Fsp3) is 0.579. The first kappa shape index (κ1) is 16.9. The topological polar surface area (TPSA) is 61.4 Å². The number of anilines is 1. The van der Waals surface area contributed by atoms with Crippen molar-refractivity contribution in [3.05, 3.63) is 29.3 Å². The third-order valence-corrected chi connectivity index (χ3v) is 6.32. The zero-order valence-corrected chi connectivity index (χ0v) is 15.0. The normalized spacial score (nSPS) is 28.0. The largest absolute Gasteiger partial charge is 0.344 e. The summed E-state index contributed by atoms with van der Waals surface area (Å²) >= 11 is 6.25. The molecule has 2 N–H and O–H groups in total. The van der Waals surface area contributed by atoms with Gasteiger partial charge in [0.15, 0.2) is 0 Å². The molecule has 134 valence electrons. The Morgan fingerprint density at radius 2 is 2.04 bits per heavy atom. The van der Waals surface area contributed by atoms with Crippen LogP contribution in [-0.2, 0) is 9.59 Å². The van der Waals surface area contributed by atoms with E-state index in [0.29, 0.717) is 18.0 Å². The number of benzene rings is 1. The van der Waals surface area contributed by atoms with Crippen molar-refractivity contribution >= 4 is 29.1 Å². The maximum Gasteiger partial charge on any atom is 0.249 e. The zero-order valence-electron chi connectivity index (χ0n) is 14.3. The fourth-order valence-electron chi connectivity index (χ4n) is 4.39. The van der Waals surface area contributed by atoms with Crippen LogP contribution in [0, 0.1) is 11.3 Å². The van der Waals surface area contributed by atoms with Gasteiger partial charge < -0.3 is 15.5 Å². The molecule has 5 nitrogen and oxygen atoms in total. The summed E-state index contributed by atoms with van der Waals surface area (Å²) in [7, 11) is 0. The predicted octanol–water partition coefficient (Wildman–Crippen LogP) is 2.34. The van der Waals surface area contributed by atoms with Crippen molar-refractivity contribution in [3.8, 4) is 0 Å². The number of nitrogens with zero attached hydrogens (tertiary/aromatic N) is 1. The lowest BCUT2D eigenvalue weighted by Gasteiger charge is -2.33. The lowest BCUT2D eigenvalue weighted by molar-refractivity contribution is -0.129. The molecule has 1 aromatic rings. The number of hydrogen-bond acceptors (Lipinski definition) is 3. The summed E-state index contributed by atoms with van der Waals surface area (Å²) in [5.41, 5.74) is 0.921.